The zero-order valence-corrected chi connectivity index (χ0v) is 11.6. The molecule has 1 N–H and O–H groups in total. The Balaban J connectivity index is 1.90. The highest BCUT2D eigenvalue weighted by molar-refractivity contribution is 6.33. The summed E-state index contributed by atoms with van der Waals surface area (Å²) < 4.78 is 1.61. The van der Waals surface area contributed by atoms with Crippen molar-refractivity contribution in [2.75, 3.05) is 6.54 Å². The molecule has 0 aliphatic heterocycles. The number of nitrogens with one attached hydrogen (secondary N) is 1. The number of carbonyl (C=O) groups is 1. The van der Waals surface area contributed by atoms with Crippen LogP contribution in [-0.4, -0.2) is 32.2 Å². The quantitative estimate of drug-likeness (QED) is 0.868. The van der Waals surface area contributed by atoms with Gasteiger partial charge >= 0.3 is 0 Å². The first kappa shape index (κ1) is 13.8. The number of amides is 1. The molecule has 0 saturated carbocycles. The van der Waals surface area contributed by atoms with Crippen LogP contribution in [0.25, 0.3) is 0 Å². The first-order valence-electron chi connectivity index (χ1n) is 5.50. The molecule has 0 aliphatic rings. The van der Waals surface area contributed by atoms with E-state index in [1.165, 1.54) is 12.1 Å². The average Bonchev–Trinajstić information content (AvgIpc) is 2.73. The van der Waals surface area contributed by atoms with Crippen LogP contribution in [-0.2, 0) is 13.5 Å². The van der Waals surface area contributed by atoms with E-state index in [0.29, 0.717) is 24.4 Å². The number of rotatable bonds is 4. The van der Waals surface area contributed by atoms with Crippen LogP contribution < -0.4 is 5.32 Å². The molecule has 1 amide bonds. The highest BCUT2D eigenvalue weighted by Crippen LogP contribution is 2.14. The van der Waals surface area contributed by atoms with Crippen LogP contribution in [0.2, 0.25) is 10.3 Å². The predicted octanol–water partition coefficient (Wildman–Crippen LogP) is 1.49. The number of hydrogen-bond acceptors (Lipinski definition) is 4. The van der Waals surface area contributed by atoms with Crippen LogP contribution in [0.3, 0.4) is 0 Å². The normalized spacial score (nSPS) is 10.5. The number of nitrogens with zero attached hydrogens (tertiary/aromatic N) is 4. The maximum atomic E-state index is 11.8. The Bertz CT molecular complexity index is 578. The van der Waals surface area contributed by atoms with Gasteiger partial charge in [-0.2, -0.15) is 5.10 Å². The molecule has 2 aromatic rings. The van der Waals surface area contributed by atoms with Gasteiger partial charge in [0.2, 0.25) is 0 Å². The lowest BCUT2D eigenvalue weighted by molar-refractivity contribution is 0.0954. The molecule has 0 unspecified atom stereocenters. The van der Waals surface area contributed by atoms with Gasteiger partial charge in [0.05, 0.1) is 0 Å². The monoisotopic (exact) mass is 299 g/mol. The molecule has 8 heteroatoms. The molecular formula is C11H11Cl2N5O. The molecule has 0 fully saturated rings. The first-order chi connectivity index (χ1) is 9.04. The molecular weight excluding hydrogens is 289 g/mol. The van der Waals surface area contributed by atoms with Gasteiger partial charge in [0.15, 0.2) is 5.82 Å². The van der Waals surface area contributed by atoms with E-state index in [9.17, 15) is 4.79 Å². The second kappa shape index (κ2) is 5.99. The molecule has 6 nitrogen and oxygen atoms in total. The van der Waals surface area contributed by atoms with Crippen molar-refractivity contribution in [3.05, 3.63) is 40.2 Å². The molecule has 2 aromatic heterocycles. The van der Waals surface area contributed by atoms with Crippen LogP contribution in [0, 0.1) is 0 Å². The summed E-state index contributed by atoms with van der Waals surface area (Å²) in [5, 5.41) is 7.22. The average molecular weight is 300 g/mol. The molecule has 2 heterocycles. The highest BCUT2D eigenvalue weighted by Gasteiger charge is 2.08. The van der Waals surface area contributed by atoms with E-state index < -0.39 is 0 Å². The van der Waals surface area contributed by atoms with Gasteiger partial charge < -0.3 is 5.32 Å². The van der Waals surface area contributed by atoms with Gasteiger partial charge in [-0.15, -0.1) is 0 Å². The lowest BCUT2D eigenvalue weighted by atomic mass is 10.2. The second-order valence-electron chi connectivity index (χ2n) is 3.84. The largest absolute Gasteiger partial charge is 0.352 e. The van der Waals surface area contributed by atoms with Crippen molar-refractivity contribution < 1.29 is 4.79 Å². The van der Waals surface area contributed by atoms with Crippen molar-refractivity contribution in [3.63, 3.8) is 0 Å². The first-order valence-corrected chi connectivity index (χ1v) is 6.26. The summed E-state index contributed by atoms with van der Waals surface area (Å²) >= 11 is 11.5. The summed E-state index contributed by atoms with van der Waals surface area (Å²) in [5.74, 6) is 0.413. The van der Waals surface area contributed by atoms with E-state index in [1.807, 2.05) is 0 Å². The van der Waals surface area contributed by atoms with Crippen molar-refractivity contribution in [3.8, 4) is 0 Å². The Labute approximate surface area is 119 Å². The minimum absolute atomic E-state index is 0.184. The van der Waals surface area contributed by atoms with Crippen LogP contribution >= 0.6 is 23.2 Å². The van der Waals surface area contributed by atoms with Crippen LogP contribution in [0.15, 0.2) is 18.5 Å². The Morgan fingerprint density at radius 2 is 2.05 bits per heavy atom. The van der Waals surface area contributed by atoms with Gasteiger partial charge in [-0.1, -0.05) is 23.2 Å². The second-order valence-corrected chi connectivity index (χ2v) is 4.62. The van der Waals surface area contributed by atoms with Crippen LogP contribution in [0.4, 0.5) is 0 Å². The molecule has 0 bridgehead atoms. The van der Waals surface area contributed by atoms with Crippen LogP contribution in [0.1, 0.15) is 16.2 Å². The number of carbonyl (C=O) groups excluding carboxylic acids is 1. The maximum Gasteiger partial charge on any atom is 0.251 e. The van der Waals surface area contributed by atoms with Crippen molar-refractivity contribution in [1.29, 1.82) is 0 Å². The van der Waals surface area contributed by atoms with E-state index in [0.717, 1.165) is 0 Å². The fourth-order valence-corrected chi connectivity index (χ4v) is 1.94. The molecule has 100 valence electrons. The summed E-state index contributed by atoms with van der Waals surface area (Å²) in [6.45, 7) is 0.431. The maximum absolute atomic E-state index is 11.8. The minimum atomic E-state index is -0.262. The van der Waals surface area contributed by atoms with Crippen molar-refractivity contribution >= 4 is 29.1 Å². The summed E-state index contributed by atoms with van der Waals surface area (Å²) in [6, 6.07) is 2.92. The van der Waals surface area contributed by atoms with Crippen molar-refractivity contribution in [2.45, 2.75) is 6.42 Å². The number of hydrogen-bond donors (Lipinski definition) is 1. The third-order valence-electron chi connectivity index (χ3n) is 2.31. The highest BCUT2D eigenvalue weighted by atomic mass is 35.5. The number of halogens is 2. The summed E-state index contributed by atoms with van der Waals surface area (Å²) in [5.41, 5.74) is 0.374. The van der Waals surface area contributed by atoms with E-state index in [4.69, 9.17) is 23.2 Å². The Morgan fingerprint density at radius 1 is 1.37 bits per heavy atom. The van der Waals surface area contributed by atoms with Gasteiger partial charge in [0, 0.05) is 25.6 Å². The Hall–Kier alpha value is -1.66. The smallest absolute Gasteiger partial charge is 0.251 e. The van der Waals surface area contributed by atoms with Crippen LogP contribution in [0.5, 0.6) is 0 Å². The van der Waals surface area contributed by atoms with E-state index in [2.05, 4.69) is 20.4 Å². The topological polar surface area (TPSA) is 72.7 Å². The predicted molar refractivity (Wildman–Crippen MR) is 71.3 cm³/mol. The zero-order valence-electron chi connectivity index (χ0n) is 10.1. The molecule has 0 radical (unpaired) electrons. The van der Waals surface area contributed by atoms with E-state index >= 15 is 0 Å². The van der Waals surface area contributed by atoms with E-state index in [-0.39, 0.29) is 16.2 Å². The summed E-state index contributed by atoms with van der Waals surface area (Å²) in [4.78, 5) is 19.7. The summed E-state index contributed by atoms with van der Waals surface area (Å²) in [7, 11) is 1.79. The van der Waals surface area contributed by atoms with Gasteiger partial charge in [-0.05, 0) is 12.1 Å². The molecule has 2 rings (SSSR count). The van der Waals surface area contributed by atoms with Crippen molar-refractivity contribution in [1.82, 2.24) is 25.1 Å². The Morgan fingerprint density at radius 3 is 2.63 bits per heavy atom. The molecule has 19 heavy (non-hydrogen) atoms. The third-order valence-corrected chi connectivity index (χ3v) is 2.69. The van der Waals surface area contributed by atoms with Gasteiger partial charge in [-0.3, -0.25) is 9.48 Å². The fraction of sp³-hybridized carbons (Fsp3) is 0.273. The van der Waals surface area contributed by atoms with Gasteiger partial charge in [-0.25, -0.2) is 9.97 Å². The molecule has 0 atom stereocenters. The number of aromatic nitrogens is 4. The number of pyridine rings is 1. The van der Waals surface area contributed by atoms with Crippen molar-refractivity contribution in [2.24, 2.45) is 7.05 Å². The molecule has 0 aliphatic carbocycles. The molecule has 0 spiro atoms. The lowest BCUT2D eigenvalue weighted by Crippen LogP contribution is -2.26. The zero-order chi connectivity index (χ0) is 13.8. The Kier molecular flexibility index (Phi) is 4.34. The van der Waals surface area contributed by atoms with E-state index in [1.54, 1.807) is 18.1 Å². The van der Waals surface area contributed by atoms with Gasteiger partial charge in [0.1, 0.15) is 16.6 Å². The minimum Gasteiger partial charge on any atom is -0.352 e. The van der Waals surface area contributed by atoms with Gasteiger partial charge in [0.25, 0.3) is 5.91 Å². The number of aryl methyl sites for hydroxylation is 1. The SMILES string of the molecule is Cn1cnc(CCNC(=O)c2cc(Cl)nc(Cl)c2)n1. The molecule has 0 saturated heterocycles. The standard InChI is InChI=1S/C11H11Cl2N5O/c1-18-6-15-10(17-18)2-3-14-11(19)7-4-8(12)16-9(13)5-7/h4-6H,2-3H2,1H3,(H,14,19). The summed E-state index contributed by atoms with van der Waals surface area (Å²) in [6.07, 6.45) is 2.17. The third kappa shape index (κ3) is 3.90. The lowest BCUT2D eigenvalue weighted by Gasteiger charge is -2.04. The fourth-order valence-electron chi connectivity index (χ4n) is 1.48. The molecule has 0 aromatic carbocycles.